The molecule has 1 fully saturated rings. The lowest BCUT2D eigenvalue weighted by Crippen LogP contribution is -2.66. The molecule has 2 rings (SSSR count). The molecule has 0 spiro atoms. The number of piperazine rings is 1. The second kappa shape index (κ2) is 9.27. The third-order valence-electron chi connectivity index (χ3n) is 4.56. The fourth-order valence-corrected chi connectivity index (χ4v) is 3.63. The fourth-order valence-electron chi connectivity index (χ4n) is 3.63. The van der Waals surface area contributed by atoms with E-state index in [2.05, 4.69) is 24.2 Å². The summed E-state index contributed by atoms with van der Waals surface area (Å²) in [5.41, 5.74) is -1.51. The van der Waals surface area contributed by atoms with Gasteiger partial charge in [0.1, 0.15) is 11.4 Å². The summed E-state index contributed by atoms with van der Waals surface area (Å²) in [6.45, 7) is 13.6. The van der Waals surface area contributed by atoms with Crippen LogP contribution in [-0.2, 0) is 10.4 Å². The summed E-state index contributed by atoms with van der Waals surface area (Å²) in [7, 11) is 0. The van der Waals surface area contributed by atoms with Gasteiger partial charge in [0.25, 0.3) is 0 Å². The Kier molecular flexibility index (Phi) is 8.15. The van der Waals surface area contributed by atoms with Crippen LogP contribution in [0.1, 0.15) is 47.3 Å². The van der Waals surface area contributed by atoms with E-state index in [4.69, 9.17) is 4.42 Å². The number of nitrogens with one attached hydrogen (secondary N) is 1. The van der Waals surface area contributed by atoms with E-state index in [9.17, 15) is 9.90 Å². The van der Waals surface area contributed by atoms with Crippen molar-refractivity contribution in [3.05, 3.63) is 24.2 Å². The summed E-state index contributed by atoms with van der Waals surface area (Å²) in [5.74, 6) is 1.18. The van der Waals surface area contributed by atoms with E-state index in [1.165, 1.54) is 6.26 Å². The maximum atomic E-state index is 12.7. The Morgan fingerprint density at radius 2 is 2.15 bits per heavy atom. The Labute approximate surface area is 179 Å². The lowest BCUT2D eigenvalue weighted by molar-refractivity contribution is -0.145. The van der Waals surface area contributed by atoms with Crippen molar-refractivity contribution < 1.29 is 14.3 Å². The molecular formula is C19H33IN4O3. The van der Waals surface area contributed by atoms with Gasteiger partial charge in [-0.3, -0.25) is 4.79 Å². The van der Waals surface area contributed by atoms with Crippen LogP contribution in [0.4, 0.5) is 0 Å². The molecule has 2 heterocycles. The molecule has 1 saturated heterocycles. The molecule has 1 aromatic heterocycles. The van der Waals surface area contributed by atoms with E-state index in [0.29, 0.717) is 24.8 Å². The normalized spacial score (nSPS) is 19.7. The second-order valence-corrected chi connectivity index (χ2v) is 7.95. The van der Waals surface area contributed by atoms with Crippen LogP contribution in [0.3, 0.4) is 0 Å². The monoisotopic (exact) mass is 492 g/mol. The molecule has 154 valence electrons. The summed E-state index contributed by atoms with van der Waals surface area (Å²) in [6, 6.07) is 3.63. The first-order chi connectivity index (χ1) is 12.1. The average molecular weight is 492 g/mol. The molecule has 8 heteroatoms. The average Bonchev–Trinajstić information content (AvgIpc) is 3.04. The molecule has 0 saturated carbocycles. The van der Waals surface area contributed by atoms with Crippen LogP contribution in [0.5, 0.6) is 0 Å². The molecule has 1 aromatic rings. The zero-order chi connectivity index (χ0) is 19.5. The first-order valence-corrected chi connectivity index (χ1v) is 9.20. The number of nitrogens with zero attached hydrogens (tertiary/aromatic N) is 3. The van der Waals surface area contributed by atoms with Crippen LogP contribution in [0.2, 0.25) is 0 Å². The Bertz CT molecular complexity index is 641. The SMILES string of the molecule is CCNC(=NCC(C)(O)c1ccco1)N1CC(=O)N(C(C)C)C(C)(C)C1.I. The number of aliphatic hydroxyl groups is 1. The predicted octanol–water partition coefficient (Wildman–Crippen LogP) is 2.40. The molecule has 0 bridgehead atoms. The quantitative estimate of drug-likeness (QED) is 0.375. The van der Waals surface area contributed by atoms with Gasteiger partial charge in [0.15, 0.2) is 5.96 Å². The third kappa shape index (κ3) is 5.60. The highest BCUT2D eigenvalue weighted by molar-refractivity contribution is 14.0. The number of furan rings is 1. The molecule has 1 atom stereocenters. The molecule has 0 radical (unpaired) electrons. The van der Waals surface area contributed by atoms with Crippen molar-refractivity contribution in [1.29, 1.82) is 0 Å². The molecule has 7 nitrogen and oxygen atoms in total. The summed E-state index contributed by atoms with van der Waals surface area (Å²) in [6.07, 6.45) is 1.53. The van der Waals surface area contributed by atoms with E-state index in [1.54, 1.807) is 19.1 Å². The van der Waals surface area contributed by atoms with Gasteiger partial charge in [-0.1, -0.05) is 0 Å². The lowest BCUT2D eigenvalue weighted by atomic mass is 9.96. The van der Waals surface area contributed by atoms with Gasteiger partial charge >= 0.3 is 0 Å². The zero-order valence-electron chi connectivity index (χ0n) is 17.2. The largest absolute Gasteiger partial charge is 0.466 e. The first kappa shape index (κ1) is 23.7. The molecule has 0 aromatic carbocycles. The van der Waals surface area contributed by atoms with Crippen LogP contribution in [-0.4, -0.2) is 64.5 Å². The minimum absolute atomic E-state index is 0. The van der Waals surface area contributed by atoms with Gasteiger partial charge in [-0.15, -0.1) is 24.0 Å². The molecule has 2 N–H and O–H groups in total. The zero-order valence-corrected chi connectivity index (χ0v) is 19.5. The number of halogens is 1. The number of carbonyl (C=O) groups is 1. The highest BCUT2D eigenvalue weighted by Gasteiger charge is 2.41. The Balaban J connectivity index is 0.00000364. The van der Waals surface area contributed by atoms with Gasteiger partial charge in [0, 0.05) is 19.1 Å². The first-order valence-electron chi connectivity index (χ1n) is 9.20. The van der Waals surface area contributed by atoms with Crippen molar-refractivity contribution in [2.75, 3.05) is 26.2 Å². The van der Waals surface area contributed by atoms with Gasteiger partial charge in [-0.2, -0.15) is 0 Å². The number of carbonyl (C=O) groups excluding carboxylic acids is 1. The topological polar surface area (TPSA) is 81.3 Å². The van der Waals surface area contributed by atoms with E-state index >= 15 is 0 Å². The van der Waals surface area contributed by atoms with Crippen LogP contribution >= 0.6 is 24.0 Å². The van der Waals surface area contributed by atoms with Crippen molar-refractivity contribution >= 4 is 35.8 Å². The van der Waals surface area contributed by atoms with Gasteiger partial charge in [-0.05, 0) is 53.7 Å². The molecule has 1 unspecified atom stereocenters. The number of guanidine groups is 1. The van der Waals surface area contributed by atoms with Crippen LogP contribution in [0.15, 0.2) is 27.8 Å². The molecule has 1 amide bonds. The molecule has 1 aliphatic heterocycles. The second-order valence-electron chi connectivity index (χ2n) is 7.95. The summed E-state index contributed by atoms with van der Waals surface area (Å²) in [5, 5.41) is 13.9. The van der Waals surface area contributed by atoms with Gasteiger partial charge < -0.3 is 24.6 Å². The van der Waals surface area contributed by atoms with Crippen molar-refractivity contribution in [2.24, 2.45) is 4.99 Å². The highest BCUT2D eigenvalue weighted by atomic mass is 127. The molecular weight excluding hydrogens is 459 g/mol. The number of amides is 1. The highest BCUT2D eigenvalue weighted by Crippen LogP contribution is 2.25. The van der Waals surface area contributed by atoms with Crippen LogP contribution in [0.25, 0.3) is 0 Å². The maximum Gasteiger partial charge on any atom is 0.242 e. The number of aliphatic imine (C=N–C) groups is 1. The summed E-state index contributed by atoms with van der Waals surface area (Å²) < 4.78 is 5.31. The van der Waals surface area contributed by atoms with Gasteiger partial charge in [0.2, 0.25) is 5.91 Å². The molecule has 1 aliphatic rings. The maximum absolute atomic E-state index is 12.7. The van der Waals surface area contributed by atoms with Crippen molar-refractivity contribution in [2.45, 2.75) is 58.7 Å². The van der Waals surface area contributed by atoms with E-state index in [1.807, 2.05) is 30.6 Å². The Morgan fingerprint density at radius 3 is 2.63 bits per heavy atom. The predicted molar refractivity (Wildman–Crippen MR) is 117 cm³/mol. The number of hydrogen-bond donors (Lipinski definition) is 2. The van der Waals surface area contributed by atoms with Crippen molar-refractivity contribution in [3.63, 3.8) is 0 Å². The van der Waals surface area contributed by atoms with E-state index in [0.717, 1.165) is 0 Å². The third-order valence-corrected chi connectivity index (χ3v) is 4.56. The van der Waals surface area contributed by atoms with Gasteiger partial charge in [-0.25, -0.2) is 4.99 Å². The van der Waals surface area contributed by atoms with Crippen molar-refractivity contribution in [3.8, 4) is 0 Å². The Morgan fingerprint density at radius 1 is 1.48 bits per heavy atom. The number of hydrogen-bond acceptors (Lipinski definition) is 4. The standard InChI is InChI=1S/C19H32N4O3.HI/c1-7-20-17(21-12-19(6,25)15-9-8-10-26-15)22-11-16(24)23(14(2)3)18(4,5)13-22;/h8-10,14,25H,7,11-13H2,1-6H3,(H,20,21);1H. The molecule has 27 heavy (non-hydrogen) atoms. The smallest absolute Gasteiger partial charge is 0.242 e. The lowest BCUT2D eigenvalue weighted by Gasteiger charge is -2.49. The molecule has 0 aliphatic carbocycles. The minimum Gasteiger partial charge on any atom is -0.466 e. The summed E-state index contributed by atoms with van der Waals surface area (Å²) >= 11 is 0. The number of rotatable bonds is 5. The van der Waals surface area contributed by atoms with Crippen molar-refractivity contribution in [1.82, 2.24) is 15.1 Å². The Hall–Kier alpha value is -1.29. The fraction of sp³-hybridized carbons (Fsp3) is 0.684. The van der Waals surface area contributed by atoms with E-state index in [-0.39, 0.29) is 54.6 Å². The minimum atomic E-state index is -1.20. The summed E-state index contributed by atoms with van der Waals surface area (Å²) in [4.78, 5) is 21.2. The van der Waals surface area contributed by atoms with Gasteiger partial charge in [0.05, 0.1) is 24.9 Å². The van der Waals surface area contributed by atoms with Crippen LogP contribution < -0.4 is 5.32 Å². The van der Waals surface area contributed by atoms with Crippen LogP contribution in [0, 0.1) is 0 Å². The van der Waals surface area contributed by atoms with E-state index < -0.39 is 5.60 Å².